The number of nitrogens with zero attached hydrogens (tertiary/aromatic N) is 3. The smallest absolute Gasteiger partial charge is 0.325 e. The summed E-state index contributed by atoms with van der Waals surface area (Å²) in [7, 11) is 0. The number of carboxylic acids is 1. The van der Waals surface area contributed by atoms with Crippen molar-refractivity contribution in [2.45, 2.75) is 38.9 Å². The monoisotopic (exact) mass is 305 g/mol. The molecule has 0 saturated heterocycles. The zero-order chi connectivity index (χ0) is 14.8. The van der Waals surface area contributed by atoms with Crippen LogP contribution in [-0.2, 0) is 24.3 Å². The molecule has 0 radical (unpaired) electrons. The van der Waals surface area contributed by atoms with Crippen molar-refractivity contribution in [3.8, 4) is 0 Å². The number of rotatable bonds is 5. The van der Waals surface area contributed by atoms with Crippen molar-refractivity contribution in [2.24, 2.45) is 0 Å². The average Bonchev–Trinajstić information content (AvgIpc) is 3.07. The van der Waals surface area contributed by atoms with Gasteiger partial charge in [0, 0.05) is 36.3 Å². The lowest BCUT2D eigenvalue weighted by atomic mass is 9.99. The van der Waals surface area contributed by atoms with Crippen molar-refractivity contribution in [2.75, 3.05) is 6.54 Å². The second kappa shape index (κ2) is 5.99. The lowest BCUT2D eigenvalue weighted by Gasteiger charge is -2.32. The lowest BCUT2D eigenvalue weighted by Crippen LogP contribution is -2.38. The summed E-state index contributed by atoms with van der Waals surface area (Å²) in [6, 6.07) is 1.42. The number of fused-ring (bicyclic) bond motifs is 1. The molecule has 112 valence electrons. The molecule has 0 aromatic carbocycles. The van der Waals surface area contributed by atoms with Gasteiger partial charge in [0.25, 0.3) is 0 Å². The third-order valence-corrected chi connectivity index (χ3v) is 4.82. The number of hydrogen-bond donors (Lipinski definition) is 1. The van der Waals surface area contributed by atoms with Gasteiger partial charge in [-0.05, 0) is 29.9 Å². The number of carboxylic acid groups (broad SMARTS) is 1. The van der Waals surface area contributed by atoms with Crippen LogP contribution in [0.3, 0.4) is 0 Å². The third kappa shape index (κ3) is 2.87. The molecule has 0 bridgehead atoms. The Morgan fingerprint density at radius 3 is 3.19 bits per heavy atom. The van der Waals surface area contributed by atoms with E-state index in [9.17, 15) is 9.90 Å². The van der Waals surface area contributed by atoms with Gasteiger partial charge in [0.1, 0.15) is 6.04 Å². The van der Waals surface area contributed by atoms with Gasteiger partial charge >= 0.3 is 5.97 Å². The fourth-order valence-corrected chi connectivity index (χ4v) is 3.81. The summed E-state index contributed by atoms with van der Waals surface area (Å²) >= 11 is 1.66. The Morgan fingerprint density at radius 1 is 1.57 bits per heavy atom. The summed E-state index contributed by atoms with van der Waals surface area (Å²) in [6.07, 6.45) is 5.84. The van der Waals surface area contributed by atoms with Crippen LogP contribution in [0.4, 0.5) is 0 Å². The highest BCUT2D eigenvalue weighted by molar-refractivity contribution is 7.10. The standard InChI is InChI=1S/C15H19N3O2S/c1-2-5-18-10-11(8-16-18)9-17-6-3-13-12(4-7-21-13)14(17)15(19)20/h4,7-8,10,14H,2-3,5-6,9H2,1H3,(H,19,20). The molecule has 1 aliphatic heterocycles. The van der Waals surface area contributed by atoms with Crippen LogP contribution in [0.5, 0.6) is 0 Å². The zero-order valence-electron chi connectivity index (χ0n) is 12.0. The molecular weight excluding hydrogens is 286 g/mol. The van der Waals surface area contributed by atoms with Gasteiger partial charge in [0.15, 0.2) is 0 Å². The van der Waals surface area contributed by atoms with Gasteiger partial charge in [-0.25, -0.2) is 0 Å². The van der Waals surface area contributed by atoms with E-state index in [4.69, 9.17) is 0 Å². The molecule has 5 nitrogen and oxygen atoms in total. The molecule has 1 N–H and O–H groups in total. The maximum Gasteiger partial charge on any atom is 0.325 e. The topological polar surface area (TPSA) is 58.4 Å². The first-order chi connectivity index (χ1) is 10.2. The minimum Gasteiger partial charge on any atom is -0.480 e. The fraction of sp³-hybridized carbons (Fsp3) is 0.467. The highest BCUT2D eigenvalue weighted by Crippen LogP contribution is 2.34. The normalized spacial score (nSPS) is 18.6. The highest BCUT2D eigenvalue weighted by atomic mass is 32.1. The maximum absolute atomic E-state index is 11.7. The minimum atomic E-state index is -0.768. The minimum absolute atomic E-state index is 0.533. The summed E-state index contributed by atoms with van der Waals surface area (Å²) in [6.45, 7) is 4.43. The van der Waals surface area contributed by atoms with Crippen molar-refractivity contribution in [3.05, 3.63) is 39.8 Å². The van der Waals surface area contributed by atoms with Gasteiger partial charge in [-0.3, -0.25) is 14.4 Å². The summed E-state index contributed by atoms with van der Waals surface area (Å²) < 4.78 is 1.92. The maximum atomic E-state index is 11.7. The molecule has 1 aliphatic rings. The van der Waals surface area contributed by atoms with Crippen LogP contribution in [0.1, 0.15) is 35.4 Å². The Bertz CT molecular complexity index is 634. The van der Waals surface area contributed by atoms with E-state index in [1.165, 1.54) is 4.88 Å². The average molecular weight is 305 g/mol. The molecule has 0 spiro atoms. The zero-order valence-corrected chi connectivity index (χ0v) is 12.8. The molecule has 1 unspecified atom stereocenters. The van der Waals surface area contributed by atoms with E-state index in [1.807, 2.05) is 33.4 Å². The molecule has 0 amide bonds. The summed E-state index contributed by atoms with van der Waals surface area (Å²) in [5, 5.41) is 15.9. The predicted octanol–water partition coefficient (Wildman–Crippen LogP) is 2.54. The van der Waals surface area contributed by atoms with Crippen LogP contribution < -0.4 is 0 Å². The van der Waals surface area contributed by atoms with Crippen molar-refractivity contribution in [3.63, 3.8) is 0 Å². The van der Waals surface area contributed by atoms with Crippen LogP contribution >= 0.6 is 11.3 Å². The lowest BCUT2D eigenvalue weighted by molar-refractivity contribution is -0.144. The van der Waals surface area contributed by atoms with Crippen molar-refractivity contribution < 1.29 is 9.90 Å². The van der Waals surface area contributed by atoms with E-state index >= 15 is 0 Å². The highest BCUT2D eigenvalue weighted by Gasteiger charge is 2.33. The second-order valence-electron chi connectivity index (χ2n) is 5.37. The number of aromatic nitrogens is 2. The van der Waals surface area contributed by atoms with Gasteiger partial charge in [-0.1, -0.05) is 6.92 Å². The van der Waals surface area contributed by atoms with E-state index in [2.05, 4.69) is 12.0 Å². The molecule has 21 heavy (non-hydrogen) atoms. The molecule has 3 heterocycles. The number of aliphatic carboxylic acids is 1. The predicted molar refractivity (Wildman–Crippen MR) is 81.3 cm³/mol. The summed E-state index contributed by atoms with van der Waals surface area (Å²) in [5.74, 6) is -0.768. The number of aryl methyl sites for hydroxylation is 1. The Labute approximate surface area is 127 Å². The molecule has 3 rings (SSSR count). The Morgan fingerprint density at radius 2 is 2.43 bits per heavy atom. The molecule has 2 aromatic rings. The second-order valence-corrected chi connectivity index (χ2v) is 6.37. The van der Waals surface area contributed by atoms with Crippen LogP contribution in [-0.4, -0.2) is 32.3 Å². The molecule has 6 heteroatoms. The van der Waals surface area contributed by atoms with E-state index in [0.717, 1.165) is 37.1 Å². The molecule has 1 atom stereocenters. The van der Waals surface area contributed by atoms with Crippen molar-refractivity contribution >= 4 is 17.3 Å². The molecule has 0 aliphatic carbocycles. The van der Waals surface area contributed by atoms with Crippen molar-refractivity contribution in [1.29, 1.82) is 0 Å². The van der Waals surface area contributed by atoms with E-state index in [-0.39, 0.29) is 0 Å². The Balaban J connectivity index is 1.79. The van der Waals surface area contributed by atoms with Crippen LogP contribution in [0.15, 0.2) is 23.8 Å². The van der Waals surface area contributed by atoms with Crippen LogP contribution in [0.25, 0.3) is 0 Å². The SMILES string of the molecule is CCCn1cc(CN2CCc3sccc3C2C(=O)O)cn1. The van der Waals surface area contributed by atoms with E-state index in [1.54, 1.807) is 11.3 Å². The molecule has 0 fully saturated rings. The quantitative estimate of drug-likeness (QED) is 0.922. The van der Waals surface area contributed by atoms with E-state index < -0.39 is 12.0 Å². The van der Waals surface area contributed by atoms with Gasteiger partial charge in [-0.2, -0.15) is 5.10 Å². The Hall–Kier alpha value is -1.66. The third-order valence-electron chi connectivity index (χ3n) is 3.82. The first kappa shape index (κ1) is 14.3. The summed E-state index contributed by atoms with van der Waals surface area (Å²) in [4.78, 5) is 14.9. The number of thiophene rings is 1. The molecular formula is C15H19N3O2S. The number of hydrogen-bond acceptors (Lipinski definition) is 4. The van der Waals surface area contributed by atoms with Crippen LogP contribution in [0, 0.1) is 0 Å². The first-order valence-electron chi connectivity index (χ1n) is 7.23. The fourth-order valence-electron chi connectivity index (χ4n) is 2.90. The van der Waals surface area contributed by atoms with Gasteiger partial charge < -0.3 is 5.11 Å². The van der Waals surface area contributed by atoms with Crippen molar-refractivity contribution in [1.82, 2.24) is 14.7 Å². The first-order valence-corrected chi connectivity index (χ1v) is 8.11. The Kier molecular flexibility index (Phi) is 4.07. The molecule has 2 aromatic heterocycles. The molecule has 0 saturated carbocycles. The van der Waals surface area contributed by atoms with Gasteiger partial charge in [0.05, 0.1) is 6.20 Å². The largest absolute Gasteiger partial charge is 0.480 e. The summed E-state index contributed by atoms with van der Waals surface area (Å²) in [5.41, 5.74) is 2.04. The van der Waals surface area contributed by atoms with Gasteiger partial charge in [0.2, 0.25) is 0 Å². The van der Waals surface area contributed by atoms with Gasteiger partial charge in [-0.15, -0.1) is 11.3 Å². The van der Waals surface area contributed by atoms with Crippen LogP contribution in [0.2, 0.25) is 0 Å². The number of carbonyl (C=O) groups is 1. The van der Waals surface area contributed by atoms with E-state index in [0.29, 0.717) is 6.54 Å².